The predicted octanol–water partition coefficient (Wildman–Crippen LogP) is 2.22. The lowest BCUT2D eigenvalue weighted by Crippen LogP contribution is -2.41. The van der Waals surface area contributed by atoms with Crippen molar-refractivity contribution in [2.75, 3.05) is 0 Å². The topological polar surface area (TPSA) is 66.4 Å². The number of carboxylic acid groups (broad SMARTS) is 1. The molecule has 1 aromatic rings. The number of rotatable bonds is 5. The SMILES string of the molecule is Cc1ccccc1C(=O)N[C@H](CC(C)C)C(=O)O. The number of carbonyl (C=O) groups is 2. The van der Waals surface area contributed by atoms with Crippen LogP contribution in [0.3, 0.4) is 0 Å². The van der Waals surface area contributed by atoms with E-state index in [2.05, 4.69) is 5.32 Å². The van der Waals surface area contributed by atoms with Crippen molar-refractivity contribution in [3.8, 4) is 0 Å². The summed E-state index contributed by atoms with van der Waals surface area (Å²) in [6.45, 7) is 5.68. The zero-order valence-corrected chi connectivity index (χ0v) is 10.9. The Kier molecular flexibility index (Phi) is 4.89. The van der Waals surface area contributed by atoms with E-state index in [1.807, 2.05) is 32.9 Å². The largest absolute Gasteiger partial charge is 0.480 e. The molecular weight excluding hydrogens is 230 g/mol. The van der Waals surface area contributed by atoms with Gasteiger partial charge in [-0.3, -0.25) is 4.79 Å². The number of hydrogen-bond acceptors (Lipinski definition) is 2. The first-order valence-corrected chi connectivity index (χ1v) is 6.01. The molecule has 2 N–H and O–H groups in total. The average Bonchev–Trinajstić information content (AvgIpc) is 2.27. The summed E-state index contributed by atoms with van der Waals surface area (Å²) in [5.74, 6) is -1.12. The highest BCUT2D eigenvalue weighted by Gasteiger charge is 2.22. The highest BCUT2D eigenvalue weighted by Crippen LogP contribution is 2.09. The van der Waals surface area contributed by atoms with E-state index < -0.39 is 12.0 Å². The molecule has 0 aliphatic rings. The van der Waals surface area contributed by atoms with Gasteiger partial charge < -0.3 is 10.4 Å². The molecule has 1 amide bonds. The van der Waals surface area contributed by atoms with E-state index in [9.17, 15) is 9.59 Å². The van der Waals surface area contributed by atoms with Gasteiger partial charge in [0, 0.05) is 5.56 Å². The molecular formula is C14H19NO3. The molecule has 0 fully saturated rings. The molecule has 1 atom stereocenters. The minimum Gasteiger partial charge on any atom is -0.480 e. The van der Waals surface area contributed by atoms with E-state index in [-0.39, 0.29) is 11.8 Å². The van der Waals surface area contributed by atoms with Crippen LogP contribution in [0.4, 0.5) is 0 Å². The van der Waals surface area contributed by atoms with E-state index in [0.717, 1.165) is 5.56 Å². The van der Waals surface area contributed by atoms with E-state index >= 15 is 0 Å². The molecule has 0 spiro atoms. The Morgan fingerprint density at radius 1 is 1.28 bits per heavy atom. The molecule has 1 aromatic carbocycles. The van der Waals surface area contributed by atoms with Crippen LogP contribution in [-0.2, 0) is 4.79 Å². The highest BCUT2D eigenvalue weighted by molar-refractivity contribution is 5.97. The van der Waals surface area contributed by atoms with Crippen molar-refractivity contribution in [3.05, 3.63) is 35.4 Å². The first-order chi connectivity index (χ1) is 8.41. The third-order valence-electron chi connectivity index (χ3n) is 2.70. The lowest BCUT2D eigenvalue weighted by Gasteiger charge is -2.17. The third-order valence-corrected chi connectivity index (χ3v) is 2.70. The van der Waals surface area contributed by atoms with Crippen LogP contribution in [0.1, 0.15) is 36.2 Å². The van der Waals surface area contributed by atoms with Crippen LogP contribution in [0.2, 0.25) is 0 Å². The second kappa shape index (κ2) is 6.19. The summed E-state index contributed by atoms with van der Waals surface area (Å²) in [5.41, 5.74) is 1.36. The van der Waals surface area contributed by atoms with Gasteiger partial charge in [-0.2, -0.15) is 0 Å². The van der Waals surface area contributed by atoms with E-state index in [4.69, 9.17) is 5.11 Å². The van der Waals surface area contributed by atoms with E-state index in [1.54, 1.807) is 12.1 Å². The number of hydrogen-bond donors (Lipinski definition) is 2. The monoisotopic (exact) mass is 249 g/mol. The zero-order valence-electron chi connectivity index (χ0n) is 10.9. The van der Waals surface area contributed by atoms with Crippen LogP contribution in [0.15, 0.2) is 24.3 Å². The summed E-state index contributed by atoms with van der Waals surface area (Å²) in [4.78, 5) is 23.1. The Morgan fingerprint density at radius 3 is 2.39 bits per heavy atom. The van der Waals surface area contributed by atoms with Gasteiger partial charge in [0.25, 0.3) is 5.91 Å². The lowest BCUT2D eigenvalue weighted by atomic mass is 10.0. The number of benzene rings is 1. The van der Waals surface area contributed by atoms with Crippen molar-refractivity contribution in [2.45, 2.75) is 33.2 Å². The maximum atomic E-state index is 12.0. The molecule has 0 unspecified atom stereocenters. The summed E-state index contributed by atoms with van der Waals surface area (Å²) < 4.78 is 0. The van der Waals surface area contributed by atoms with Gasteiger partial charge in [-0.15, -0.1) is 0 Å². The van der Waals surface area contributed by atoms with Crippen molar-refractivity contribution < 1.29 is 14.7 Å². The van der Waals surface area contributed by atoms with Gasteiger partial charge in [0.05, 0.1) is 0 Å². The number of aliphatic carboxylic acids is 1. The number of nitrogens with one attached hydrogen (secondary N) is 1. The van der Waals surface area contributed by atoms with Gasteiger partial charge in [0.15, 0.2) is 0 Å². The minimum atomic E-state index is -0.995. The number of amides is 1. The van der Waals surface area contributed by atoms with Gasteiger partial charge in [-0.05, 0) is 30.9 Å². The molecule has 0 bridgehead atoms. The Labute approximate surface area is 107 Å². The summed E-state index contributed by atoms with van der Waals surface area (Å²) in [6, 6.07) is 6.29. The van der Waals surface area contributed by atoms with Gasteiger partial charge >= 0.3 is 5.97 Å². The summed E-state index contributed by atoms with van der Waals surface area (Å²) in [6.07, 6.45) is 0.424. The molecule has 18 heavy (non-hydrogen) atoms. The average molecular weight is 249 g/mol. The molecule has 0 heterocycles. The smallest absolute Gasteiger partial charge is 0.326 e. The summed E-state index contributed by atoms with van der Waals surface area (Å²) >= 11 is 0. The van der Waals surface area contributed by atoms with Crippen molar-refractivity contribution in [1.29, 1.82) is 0 Å². The molecule has 0 aliphatic carbocycles. The Morgan fingerprint density at radius 2 is 1.89 bits per heavy atom. The first kappa shape index (κ1) is 14.2. The Bertz CT molecular complexity index is 440. The lowest BCUT2D eigenvalue weighted by molar-refractivity contribution is -0.139. The van der Waals surface area contributed by atoms with Crippen LogP contribution in [-0.4, -0.2) is 23.0 Å². The van der Waals surface area contributed by atoms with Crippen LogP contribution < -0.4 is 5.32 Å². The fourth-order valence-corrected chi connectivity index (χ4v) is 1.76. The molecule has 1 rings (SSSR count). The van der Waals surface area contributed by atoms with Gasteiger partial charge in [0.2, 0.25) is 0 Å². The molecule has 0 saturated heterocycles. The summed E-state index contributed by atoms with van der Waals surface area (Å²) in [7, 11) is 0. The maximum Gasteiger partial charge on any atom is 0.326 e. The van der Waals surface area contributed by atoms with Crippen molar-refractivity contribution in [1.82, 2.24) is 5.32 Å². The van der Waals surface area contributed by atoms with Gasteiger partial charge in [0.1, 0.15) is 6.04 Å². The zero-order chi connectivity index (χ0) is 13.7. The Balaban J connectivity index is 2.79. The van der Waals surface area contributed by atoms with Crippen LogP contribution in [0.5, 0.6) is 0 Å². The molecule has 98 valence electrons. The molecule has 4 heteroatoms. The van der Waals surface area contributed by atoms with Crippen molar-refractivity contribution in [3.63, 3.8) is 0 Å². The molecule has 0 aromatic heterocycles. The van der Waals surface area contributed by atoms with Crippen molar-refractivity contribution in [2.24, 2.45) is 5.92 Å². The molecule has 0 radical (unpaired) electrons. The minimum absolute atomic E-state index is 0.211. The predicted molar refractivity (Wildman–Crippen MR) is 69.5 cm³/mol. The second-order valence-corrected chi connectivity index (χ2v) is 4.81. The van der Waals surface area contributed by atoms with E-state index in [0.29, 0.717) is 12.0 Å². The van der Waals surface area contributed by atoms with Gasteiger partial charge in [-0.1, -0.05) is 32.0 Å². The molecule has 0 saturated carbocycles. The second-order valence-electron chi connectivity index (χ2n) is 4.81. The maximum absolute atomic E-state index is 12.0. The first-order valence-electron chi connectivity index (χ1n) is 6.01. The molecule has 0 aliphatic heterocycles. The fraction of sp³-hybridized carbons (Fsp3) is 0.429. The van der Waals surface area contributed by atoms with Crippen molar-refractivity contribution >= 4 is 11.9 Å². The third kappa shape index (κ3) is 3.87. The van der Waals surface area contributed by atoms with Crippen LogP contribution >= 0.6 is 0 Å². The van der Waals surface area contributed by atoms with Crippen LogP contribution in [0.25, 0.3) is 0 Å². The van der Waals surface area contributed by atoms with E-state index in [1.165, 1.54) is 0 Å². The Hall–Kier alpha value is -1.84. The van der Waals surface area contributed by atoms with Gasteiger partial charge in [-0.25, -0.2) is 4.79 Å². The standard InChI is InChI=1S/C14H19NO3/c1-9(2)8-12(14(17)18)15-13(16)11-7-5-4-6-10(11)3/h4-7,9,12H,8H2,1-3H3,(H,15,16)(H,17,18)/t12-/m1/s1. The quantitative estimate of drug-likeness (QED) is 0.841. The normalized spacial score (nSPS) is 12.2. The summed E-state index contributed by atoms with van der Waals surface area (Å²) in [5, 5.41) is 11.6. The number of carbonyl (C=O) groups excluding carboxylic acids is 1. The fourth-order valence-electron chi connectivity index (χ4n) is 1.76. The number of carboxylic acids is 1. The van der Waals surface area contributed by atoms with Crippen LogP contribution in [0, 0.1) is 12.8 Å². The number of aryl methyl sites for hydroxylation is 1. The molecule has 4 nitrogen and oxygen atoms in total. The highest BCUT2D eigenvalue weighted by atomic mass is 16.4.